The van der Waals surface area contributed by atoms with E-state index in [9.17, 15) is 31.1 Å². The monoisotopic (exact) mass is 475 g/mol. The molecule has 0 aliphatic carbocycles. The van der Waals surface area contributed by atoms with Gasteiger partial charge < -0.3 is 15.5 Å². The topological polar surface area (TPSA) is 70.2 Å². The number of piperidine rings is 1. The Morgan fingerprint density at radius 1 is 1.09 bits per heavy atom. The Morgan fingerprint density at radius 3 is 2.39 bits per heavy atom. The first kappa shape index (κ1) is 24.6. The lowest BCUT2D eigenvalue weighted by Gasteiger charge is -2.33. The number of aromatic nitrogens is 2. The summed E-state index contributed by atoms with van der Waals surface area (Å²) in [5.74, 6) is -1.86. The van der Waals surface area contributed by atoms with E-state index in [0.29, 0.717) is 31.4 Å². The summed E-state index contributed by atoms with van der Waals surface area (Å²) in [7, 11) is 1.45. The minimum atomic E-state index is -4.70. The van der Waals surface area contributed by atoms with Crippen LogP contribution in [0.5, 0.6) is 0 Å². The second-order valence-corrected chi connectivity index (χ2v) is 7.70. The lowest BCUT2D eigenvalue weighted by molar-refractivity contribution is -0.144. The second kappa shape index (κ2) is 9.84. The van der Waals surface area contributed by atoms with Crippen LogP contribution >= 0.6 is 0 Å². The maximum Gasteiger partial charge on any atom is 0.451 e. The van der Waals surface area contributed by atoms with Gasteiger partial charge in [0.25, 0.3) is 0 Å². The number of anilines is 2. The maximum absolute atomic E-state index is 13.1. The highest BCUT2D eigenvalue weighted by molar-refractivity contribution is 5.79. The number of alkyl halides is 6. The predicted octanol–water partition coefficient (Wildman–Crippen LogP) is 4.13. The molecule has 33 heavy (non-hydrogen) atoms. The number of nitrogens with one attached hydrogen (secondary N) is 2. The molecule has 12 heteroatoms. The Bertz CT molecular complexity index is 961. The average Bonchev–Trinajstić information content (AvgIpc) is 2.78. The Labute approximate surface area is 186 Å². The molecule has 0 saturated carbocycles. The van der Waals surface area contributed by atoms with Crippen molar-refractivity contribution < 1.29 is 31.1 Å². The molecule has 0 radical (unpaired) electrons. The second-order valence-electron chi connectivity index (χ2n) is 7.70. The van der Waals surface area contributed by atoms with Crippen LogP contribution in [0.1, 0.15) is 29.8 Å². The number of halogens is 6. The van der Waals surface area contributed by atoms with E-state index in [1.54, 1.807) is 4.90 Å². The predicted molar refractivity (Wildman–Crippen MR) is 110 cm³/mol. The van der Waals surface area contributed by atoms with Gasteiger partial charge >= 0.3 is 12.4 Å². The first-order chi connectivity index (χ1) is 15.5. The van der Waals surface area contributed by atoms with Crippen molar-refractivity contribution in [2.24, 2.45) is 5.92 Å². The summed E-state index contributed by atoms with van der Waals surface area (Å²) >= 11 is 0. The van der Waals surface area contributed by atoms with Gasteiger partial charge in [0, 0.05) is 32.7 Å². The van der Waals surface area contributed by atoms with Crippen molar-refractivity contribution in [2.45, 2.75) is 31.6 Å². The molecule has 1 aliphatic rings. The first-order valence-electron chi connectivity index (χ1n) is 10.3. The Hall–Kier alpha value is -3.05. The normalized spacial score (nSPS) is 17.1. The van der Waals surface area contributed by atoms with E-state index in [-0.39, 0.29) is 30.6 Å². The molecule has 0 spiro atoms. The smallest absolute Gasteiger partial charge is 0.373 e. The van der Waals surface area contributed by atoms with Crippen LogP contribution < -0.4 is 15.5 Å². The molecule has 2 heterocycles. The number of rotatable bonds is 6. The zero-order chi connectivity index (χ0) is 24.2. The number of carbonyl (C=O) groups is 1. The number of carbonyl (C=O) groups excluding carboxylic acids is 1. The highest BCUT2D eigenvalue weighted by atomic mass is 19.4. The minimum absolute atomic E-state index is 0.0236. The van der Waals surface area contributed by atoms with Gasteiger partial charge in [-0.15, -0.1) is 0 Å². The fourth-order valence-electron chi connectivity index (χ4n) is 3.59. The van der Waals surface area contributed by atoms with E-state index >= 15 is 0 Å². The molecule has 0 bridgehead atoms. The van der Waals surface area contributed by atoms with Gasteiger partial charge in [0.2, 0.25) is 11.7 Å². The standard InChI is InChI=1S/C21H23F6N5O/c1-28-16-11-17(31-19(30-16)21(25,26)27)32-10-2-3-14(12-32)18(33)29-9-8-13-4-6-15(7-5-13)20(22,23)24/h4-7,11,14H,2-3,8-10,12H2,1H3,(H,29,33)(H,28,30,31)/t14-/m1/s1. The SMILES string of the molecule is CNc1cc(N2CCC[C@@H](C(=O)NCCc3ccc(C(F)(F)F)cc3)C2)nc(C(F)(F)F)n1. The third-order valence-corrected chi connectivity index (χ3v) is 5.33. The number of hydrogen-bond acceptors (Lipinski definition) is 5. The van der Waals surface area contributed by atoms with E-state index in [1.807, 2.05) is 0 Å². The van der Waals surface area contributed by atoms with Crippen molar-refractivity contribution in [1.82, 2.24) is 15.3 Å². The van der Waals surface area contributed by atoms with Crippen molar-refractivity contribution >= 4 is 17.5 Å². The number of benzene rings is 1. The number of amides is 1. The highest BCUT2D eigenvalue weighted by Gasteiger charge is 2.36. The summed E-state index contributed by atoms with van der Waals surface area (Å²) in [5.41, 5.74) is -0.0914. The van der Waals surface area contributed by atoms with Crippen molar-refractivity contribution in [3.05, 3.63) is 47.3 Å². The molecule has 1 aromatic heterocycles. The summed E-state index contributed by atoms with van der Waals surface area (Å²) in [6.07, 6.45) is -7.59. The number of hydrogen-bond donors (Lipinski definition) is 2. The lowest BCUT2D eigenvalue weighted by Crippen LogP contribution is -2.44. The van der Waals surface area contributed by atoms with E-state index < -0.39 is 29.7 Å². The third-order valence-electron chi connectivity index (χ3n) is 5.33. The molecule has 1 fully saturated rings. The van der Waals surface area contributed by atoms with Crippen molar-refractivity contribution in [2.75, 3.05) is 36.9 Å². The molecule has 180 valence electrons. The van der Waals surface area contributed by atoms with Gasteiger partial charge in [-0.25, -0.2) is 9.97 Å². The van der Waals surface area contributed by atoms with Crippen LogP contribution in [0, 0.1) is 5.92 Å². The molecule has 1 amide bonds. The summed E-state index contributed by atoms with van der Waals surface area (Å²) in [6, 6.07) is 6.12. The van der Waals surface area contributed by atoms with Crippen LogP contribution in [0.25, 0.3) is 0 Å². The van der Waals surface area contributed by atoms with Crippen LogP contribution in [0.3, 0.4) is 0 Å². The Kier molecular flexibility index (Phi) is 7.33. The molecular formula is C21H23F6N5O. The van der Waals surface area contributed by atoms with Crippen LogP contribution in [0.15, 0.2) is 30.3 Å². The molecule has 1 atom stereocenters. The van der Waals surface area contributed by atoms with Gasteiger partial charge in [-0.2, -0.15) is 26.3 Å². The van der Waals surface area contributed by atoms with Crippen LogP contribution in [0.2, 0.25) is 0 Å². The van der Waals surface area contributed by atoms with Crippen LogP contribution in [0.4, 0.5) is 38.0 Å². The molecule has 6 nitrogen and oxygen atoms in total. The molecule has 1 aliphatic heterocycles. The fourth-order valence-corrected chi connectivity index (χ4v) is 3.59. The van der Waals surface area contributed by atoms with E-state index in [0.717, 1.165) is 12.1 Å². The zero-order valence-electron chi connectivity index (χ0n) is 17.7. The van der Waals surface area contributed by atoms with Crippen LogP contribution in [-0.4, -0.2) is 42.6 Å². The molecule has 1 aromatic carbocycles. The fraction of sp³-hybridized carbons (Fsp3) is 0.476. The average molecular weight is 475 g/mol. The maximum atomic E-state index is 13.1. The quantitative estimate of drug-likeness (QED) is 0.615. The lowest BCUT2D eigenvalue weighted by atomic mass is 9.97. The Morgan fingerprint density at radius 2 is 1.79 bits per heavy atom. The van der Waals surface area contributed by atoms with Crippen molar-refractivity contribution in [3.63, 3.8) is 0 Å². The summed E-state index contributed by atoms with van der Waals surface area (Å²) in [4.78, 5) is 21.3. The molecular weight excluding hydrogens is 452 g/mol. The summed E-state index contributed by atoms with van der Waals surface area (Å²) < 4.78 is 77.3. The van der Waals surface area contributed by atoms with Gasteiger partial charge in [-0.3, -0.25) is 4.79 Å². The van der Waals surface area contributed by atoms with Gasteiger partial charge in [0.05, 0.1) is 11.5 Å². The molecule has 2 aromatic rings. The molecule has 2 N–H and O–H groups in total. The van der Waals surface area contributed by atoms with Gasteiger partial charge in [-0.05, 0) is 37.0 Å². The minimum Gasteiger partial charge on any atom is -0.373 e. The molecule has 3 rings (SSSR count). The summed E-state index contributed by atoms with van der Waals surface area (Å²) in [5, 5.41) is 5.35. The van der Waals surface area contributed by atoms with E-state index in [1.165, 1.54) is 25.2 Å². The Balaban J connectivity index is 1.58. The molecule has 0 unspecified atom stereocenters. The molecule has 1 saturated heterocycles. The largest absolute Gasteiger partial charge is 0.451 e. The van der Waals surface area contributed by atoms with Gasteiger partial charge in [0.1, 0.15) is 11.6 Å². The highest BCUT2D eigenvalue weighted by Crippen LogP contribution is 2.31. The first-order valence-corrected chi connectivity index (χ1v) is 10.3. The van der Waals surface area contributed by atoms with Gasteiger partial charge in [0.15, 0.2) is 0 Å². The van der Waals surface area contributed by atoms with E-state index in [4.69, 9.17) is 0 Å². The number of nitrogens with zero attached hydrogens (tertiary/aromatic N) is 3. The zero-order valence-corrected chi connectivity index (χ0v) is 17.7. The van der Waals surface area contributed by atoms with Crippen molar-refractivity contribution in [3.8, 4) is 0 Å². The van der Waals surface area contributed by atoms with Gasteiger partial charge in [-0.1, -0.05) is 12.1 Å². The van der Waals surface area contributed by atoms with Crippen molar-refractivity contribution in [1.29, 1.82) is 0 Å². The van der Waals surface area contributed by atoms with E-state index in [2.05, 4.69) is 20.6 Å². The summed E-state index contributed by atoms with van der Waals surface area (Å²) in [6.45, 7) is 0.882. The third kappa shape index (κ3) is 6.48. The van der Waals surface area contributed by atoms with Crippen LogP contribution in [-0.2, 0) is 23.6 Å².